The van der Waals surface area contributed by atoms with Gasteiger partial charge in [0.25, 0.3) is 5.56 Å². The summed E-state index contributed by atoms with van der Waals surface area (Å²) in [7, 11) is 1.66. The number of aromatic nitrogens is 2. The molecule has 3 N–H and O–H groups in total. The van der Waals surface area contributed by atoms with Gasteiger partial charge in [-0.3, -0.25) is 4.79 Å². The molecule has 218 valence electrons. The summed E-state index contributed by atoms with van der Waals surface area (Å²) in [6.45, 7) is 10.6. The Bertz CT molecular complexity index is 1240. The zero-order chi connectivity index (χ0) is 28.6. The molecule has 3 heterocycles. The molecule has 0 bridgehead atoms. The first kappa shape index (κ1) is 30.2. The first-order valence-corrected chi connectivity index (χ1v) is 15.8. The van der Waals surface area contributed by atoms with E-state index >= 15 is 0 Å². The van der Waals surface area contributed by atoms with Gasteiger partial charge < -0.3 is 30.2 Å². The average molecular weight is 589 g/mol. The summed E-state index contributed by atoms with van der Waals surface area (Å²) in [6.07, 6.45) is 3.39. The highest BCUT2D eigenvalue weighted by molar-refractivity contribution is 7.97. The number of nitrogens with zero attached hydrogens (tertiary/aromatic N) is 5. The number of nitrogens with one attached hydrogen (secondary N) is 3. The Kier molecular flexibility index (Phi) is 10.8. The minimum atomic E-state index is -0.320. The molecule has 0 unspecified atom stereocenters. The molecule has 13 heteroatoms. The first-order chi connectivity index (χ1) is 19.4. The Balaban J connectivity index is 1.48. The van der Waals surface area contributed by atoms with E-state index in [0.29, 0.717) is 60.3 Å². The highest BCUT2D eigenvalue weighted by Gasteiger charge is 2.28. The van der Waals surface area contributed by atoms with Crippen LogP contribution < -0.4 is 15.6 Å². The number of benzene rings is 1. The second-order valence-electron chi connectivity index (χ2n) is 9.60. The van der Waals surface area contributed by atoms with E-state index in [-0.39, 0.29) is 11.6 Å². The molecule has 2 aliphatic heterocycles. The summed E-state index contributed by atoms with van der Waals surface area (Å²) in [4.78, 5) is 38.5. The van der Waals surface area contributed by atoms with Crippen molar-refractivity contribution in [2.24, 2.45) is 0 Å². The molecule has 0 saturated carbocycles. The predicted molar refractivity (Wildman–Crippen MR) is 164 cm³/mol. The SMILES string of the molecule is CCCC(=N)c1nc(-c2cc(SN3CCN(C(=O)N4CCN(SC)CC4)CC3)ccc2OCC)[nH]c(=O)c1NC. The van der Waals surface area contributed by atoms with Crippen molar-refractivity contribution < 1.29 is 9.53 Å². The molecule has 0 spiro atoms. The lowest BCUT2D eigenvalue weighted by Gasteiger charge is -2.39. The van der Waals surface area contributed by atoms with Crippen LogP contribution in [-0.2, 0) is 0 Å². The number of anilines is 1. The number of aromatic amines is 1. The number of ether oxygens (including phenoxy) is 1. The van der Waals surface area contributed by atoms with Gasteiger partial charge in [-0.1, -0.05) is 25.3 Å². The maximum atomic E-state index is 13.0. The molecule has 11 nitrogen and oxygen atoms in total. The summed E-state index contributed by atoms with van der Waals surface area (Å²) in [5, 5.41) is 11.4. The molecule has 0 atom stereocenters. The summed E-state index contributed by atoms with van der Waals surface area (Å²) in [5.41, 5.74) is 1.33. The number of H-pyrrole nitrogens is 1. The van der Waals surface area contributed by atoms with Crippen molar-refractivity contribution in [1.82, 2.24) is 28.4 Å². The van der Waals surface area contributed by atoms with Gasteiger partial charge in [0.1, 0.15) is 23.0 Å². The third-order valence-electron chi connectivity index (χ3n) is 6.97. The lowest BCUT2D eigenvalue weighted by molar-refractivity contribution is 0.123. The summed E-state index contributed by atoms with van der Waals surface area (Å²) >= 11 is 3.36. The lowest BCUT2D eigenvalue weighted by atomic mass is 10.1. The Morgan fingerprint density at radius 1 is 1.07 bits per heavy atom. The third kappa shape index (κ3) is 7.12. The molecule has 2 aliphatic rings. The van der Waals surface area contributed by atoms with Crippen molar-refractivity contribution in [3.05, 3.63) is 34.2 Å². The van der Waals surface area contributed by atoms with Crippen molar-refractivity contribution in [2.75, 3.05) is 77.6 Å². The number of carbonyl (C=O) groups excluding carboxylic acids is 1. The van der Waals surface area contributed by atoms with Gasteiger partial charge in [-0.2, -0.15) is 0 Å². The number of carbonyl (C=O) groups is 1. The Labute approximate surface area is 244 Å². The number of rotatable bonds is 10. The van der Waals surface area contributed by atoms with Gasteiger partial charge in [0.05, 0.1) is 17.9 Å². The fourth-order valence-electron chi connectivity index (χ4n) is 4.83. The van der Waals surface area contributed by atoms with E-state index in [9.17, 15) is 9.59 Å². The number of amides is 2. The largest absolute Gasteiger partial charge is 0.493 e. The number of piperazine rings is 2. The topological polar surface area (TPSA) is 121 Å². The van der Waals surface area contributed by atoms with E-state index in [4.69, 9.17) is 15.1 Å². The number of hydrogen-bond donors (Lipinski definition) is 3. The predicted octanol–water partition coefficient (Wildman–Crippen LogP) is 3.69. The molecule has 0 aliphatic carbocycles. The molecular formula is C27H40N8O3S2. The van der Waals surface area contributed by atoms with E-state index in [1.807, 2.05) is 41.8 Å². The van der Waals surface area contributed by atoms with Crippen LogP contribution in [0.3, 0.4) is 0 Å². The third-order valence-corrected chi connectivity index (χ3v) is 8.94. The second kappa shape index (κ2) is 14.2. The van der Waals surface area contributed by atoms with Crippen LogP contribution >= 0.6 is 23.9 Å². The van der Waals surface area contributed by atoms with Gasteiger partial charge >= 0.3 is 6.03 Å². The van der Waals surface area contributed by atoms with Gasteiger partial charge in [0.2, 0.25) is 0 Å². The molecule has 2 aromatic rings. The summed E-state index contributed by atoms with van der Waals surface area (Å²) in [5.74, 6) is 1.000. The molecule has 4 rings (SSSR count). The highest BCUT2D eigenvalue weighted by atomic mass is 32.2. The fourth-order valence-corrected chi connectivity index (χ4v) is 6.31. The summed E-state index contributed by atoms with van der Waals surface area (Å²) < 4.78 is 10.4. The van der Waals surface area contributed by atoms with Crippen molar-refractivity contribution >= 4 is 41.3 Å². The van der Waals surface area contributed by atoms with Gasteiger partial charge in [0, 0.05) is 64.3 Å². The fraction of sp³-hybridized carbons (Fsp3) is 0.556. The van der Waals surface area contributed by atoms with Crippen LogP contribution in [-0.4, -0.2) is 112 Å². The molecule has 0 radical (unpaired) electrons. The van der Waals surface area contributed by atoms with Crippen LogP contribution in [0.5, 0.6) is 5.75 Å². The summed E-state index contributed by atoms with van der Waals surface area (Å²) in [6, 6.07) is 6.02. The van der Waals surface area contributed by atoms with E-state index in [1.165, 1.54) is 0 Å². The zero-order valence-electron chi connectivity index (χ0n) is 23.8. The minimum Gasteiger partial charge on any atom is -0.493 e. The Hall–Kier alpha value is -2.74. The van der Waals surface area contributed by atoms with Crippen LogP contribution in [0.1, 0.15) is 32.4 Å². The maximum Gasteiger partial charge on any atom is 0.320 e. The van der Waals surface area contributed by atoms with Crippen molar-refractivity contribution in [2.45, 2.75) is 31.6 Å². The van der Waals surface area contributed by atoms with Crippen molar-refractivity contribution in [3.63, 3.8) is 0 Å². The molecule has 2 fully saturated rings. The Morgan fingerprint density at radius 2 is 1.73 bits per heavy atom. The van der Waals surface area contributed by atoms with Crippen molar-refractivity contribution in [1.29, 1.82) is 5.41 Å². The smallest absolute Gasteiger partial charge is 0.320 e. The lowest BCUT2D eigenvalue weighted by Crippen LogP contribution is -2.55. The zero-order valence-corrected chi connectivity index (χ0v) is 25.4. The van der Waals surface area contributed by atoms with E-state index in [2.05, 4.69) is 25.2 Å². The van der Waals surface area contributed by atoms with E-state index in [1.54, 1.807) is 30.9 Å². The minimum absolute atomic E-state index is 0.137. The van der Waals surface area contributed by atoms with Crippen LogP contribution in [0.2, 0.25) is 0 Å². The van der Waals surface area contributed by atoms with Crippen LogP contribution in [0, 0.1) is 5.41 Å². The normalized spacial score (nSPS) is 16.7. The quantitative estimate of drug-likeness (QED) is 0.282. The molecule has 2 amide bonds. The maximum absolute atomic E-state index is 13.0. The second-order valence-corrected chi connectivity index (χ2v) is 11.6. The van der Waals surface area contributed by atoms with Gasteiger partial charge in [-0.25, -0.2) is 18.4 Å². The van der Waals surface area contributed by atoms with Crippen LogP contribution in [0.25, 0.3) is 11.4 Å². The number of hydrogen-bond acceptors (Lipinski definition) is 10. The van der Waals surface area contributed by atoms with Gasteiger partial charge in [-0.15, -0.1) is 0 Å². The van der Waals surface area contributed by atoms with Gasteiger partial charge in [0.15, 0.2) is 0 Å². The Morgan fingerprint density at radius 3 is 2.30 bits per heavy atom. The van der Waals surface area contributed by atoms with Crippen molar-refractivity contribution in [3.8, 4) is 17.1 Å². The average Bonchev–Trinajstić information content (AvgIpc) is 2.98. The molecule has 1 aromatic heterocycles. The standard InChI is InChI=1S/C27H40N8O3S2/c1-5-7-21(28)23-24(29-3)26(36)31-25(30-23)20-18-19(8-9-22(20)38-6-2)40-35-16-12-33(13-17-35)27(37)32-10-14-34(39-4)15-11-32/h8-9,18,28-29H,5-7,10-17H2,1-4H3,(H,30,31,36). The van der Waals surface area contributed by atoms with Crippen LogP contribution in [0.4, 0.5) is 10.5 Å². The van der Waals surface area contributed by atoms with E-state index in [0.717, 1.165) is 50.6 Å². The molecule has 40 heavy (non-hydrogen) atoms. The molecule has 2 saturated heterocycles. The molecular weight excluding hydrogens is 548 g/mol. The first-order valence-electron chi connectivity index (χ1n) is 13.8. The number of urea groups is 1. The molecule has 1 aromatic carbocycles. The highest BCUT2D eigenvalue weighted by Crippen LogP contribution is 2.34. The van der Waals surface area contributed by atoms with Crippen LogP contribution in [0.15, 0.2) is 27.9 Å². The van der Waals surface area contributed by atoms with E-state index < -0.39 is 0 Å². The monoisotopic (exact) mass is 588 g/mol. The van der Waals surface area contributed by atoms with Gasteiger partial charge in [-0.05, 0) is 49.7 Å².